The molecule has 2 aromatic carbocycles. The second kappa shape index (κ2) is 10.6. The first kappa shape index (κ1) is 26.0. The number of halogens is 3. The Balaban J connectivity index is 1.76. The van der Waals surface area contributed by atoms with Gasteiger partial charge in [0.1, 0.15) is 28.7 Å². The van der Waals surface area contributed by atoms with Gasteiger partial charge in [-0.2, -0.15) is 9.97 Å². The molecule has 2 aliphatic heterocycles. The number of aliphatic hydroxyl groups is 1. The van der Waals surface area contributed by atoms with Gasteiger partial charge in [0.05, 0.1) is 12.2 Å². The van der Waals surface area contributed by atoms with Crippen LogP contribution in [0.15, 0.2) is 42.2 Å². The van der Waals surface area contributed by atoms with Crippen LogP contribution in [0.4, 0.5) is 19.0 Å². The fourth-order valence-corrected chi connectivity index (χ4v) is 5.50. The van der Waals surface area contributed by atoms with Gasteiger partial charge in [0.15, 0.2) is 5.82 Å². The number of nitrogens with zero attached hydrogens (tertiary/aromatic N) is 3. The minimum atomic E-state index is -0.927. The van der Waals surface area contributed by atoms with Crippen LogP contribution in [0, 0.1) is 17.5 Å². The highest BCUT2D eigenvalue weighted by atomic mass is 19.1. The second-order valence-electron chi connectivity index (χ2n) is 9.64. The molecule has 1 aromatic heterocycles. The third-order valence-corrected chi connectivity index (χ3v) is 7.25. The second-order valence-corrected chi connectivity index (χ2v) is 9.64. The lowest BCUT2D eigenvalue weighted by molar-refractivity contribution is 0.313. The summed E-state index contributed by atoms with van der Waals surface area (Å²) in [5.41, 5.74) is 0.0965. The van der Waals surface area contributed by atoms with Crippen LogP contribution in [0.1, 0.15) is 50.3 Å². The van der Waals surface area contributed by atoms with E-state index in [1.807, 2.05) is 4.90 Å². The lowest BCUT2D eigenvalue weighted by atomic mass is 9.90. The van der Waals surface area contributed by atoms with Crippen molar-refractivity contribution in [2.45, 2.75) is 52.1 Å². The number of allylic oxidation sites excluding steroid dienone is 2. The van der Waals surface area contributed by atoms with Crippen molar-refractivity contribution in [1.29, 1.82) is 0 Å². The molecular formula is C29H31F3N4O2. The summed E-state index contributed by atoms with van der Waals surface area (Å²) in [5.74, 6) is -2.07. The Kier molecular flexibility index (Phi) is 7.29. The molecule has 0 radical (unpaired) electrons. The fourth-order valence-electron chi connectivity index (χ4n) is 5.50. The van der Waals surface area contributed by atoms with Gasteiger partial charge in [-0.15, -0.1) is 0 Å². The van der Waals surface area contributed by atoms with Crippen LogP contribution in [-0.2, 0) is 6.42 Å². The largest absolute Gasteiger partial charge is 0.508 e. The number of ether oxygens (including phenoxy) is 1. The van der Waals surface area contributed by atoms with Gasteiger partial charge in [-0.05, 0) is 74.1 Å². The molecule has 0 aliphatic carbocycles. The third kappa shape index (κ3) is 4.71. The molecule has 0 spiro atoms. The summed E-state index contributed by atoms with van der Waals surface area (Å²) in [7, 11) is 0. The maximum atomic E-state index is 16.4. The fraction of sp³-hybridized carbons (Fsp3) is 0.379. The van der Waals surface area contributed by atoms with Crippen molar-refractivity contribution in [1.82, 2.24) is 15.3 Å². The number of nitrogens with one attached hydrogen (secondary N) is 1. The van der Waals surface area contributed by atoms with Crippen LogP contribution < -0.4 is 15.0 Å². The maximum Gasteiger partial charge on any atom is 0.319 e. The lowest BCUT2D eigenvalue weighted by Crippen LogP contribution is -2.51. The topological polar surface area (TPSA) is 70.5 Å². The summed E-state index contributed by atoms with van der Waals surface area (Å²) >= 11 is 0. The van der Waals surface area contributed by atoms with E-state index >= 15 is 8.78 Å². The molecule has 3 heterocycles. The molecule has 3 aromatic rings. The zero-order valence-electron chi connectivity index (χ0n) is 21.7. The van der Waals surface area contributed by atoms with Crippen molar-refractivity contribution >= 4 is 22.3 Å². The normalized spacial score (nSPS) is 19.9. The summed E-state index contributed by atoms with van der Waals surface area (Å²) in [6, 6.07) is 6.16. The van der Waals surface area contributed by atoms with Gasteiger partial charge >= 0.3 is 6.01 Å². The minimum absolute atomic E-state index is 0.000767. The van der Waals surface area contributed by atoms with E-state index in [9.17, 15) is 9.50 Å². The number of rotatable bonds is 7. The smallest absolute Gasteiger partial charge is 0.319 e. The van der Waals surface area contributed by atoms with Crippen LogP contribution >= 0.6 is 0 Å². The molecule has 2 atom stereocenters. The number of aromatic nitrogens is 2. The Morgan fingerprint density at radius 1 is 1.13 bits per heavy atom. The van der Waals surface area contributed by atoms with E-state index in [2.05, 4.69) is 15.3 Å². The zero-order valence-corrected chi connectivity index (χ0v) is 21.7. The van der Waals surface area contributed by atoms with Gasteiger partial charge in [-0.1, -0.05) is 19.1 Å². The first-order chi connectivity index (χ1) is 18.3. The van der Waals surface area contributed by atoms with Gasteiger partial charge in [0.2, 0.25) is 0 Å². The van der Waals surface area contributed by atoms with E-state index in [1.54, 1.807) is 26.8 Å². The zero-order chi connectivity index (χ0) is 27.0. The van der Waals surface area contributed by atoms with Crippen LogP contribution in [0.2, 0.25) is 0 Å². The van der Waals surface area contributed by atoms with Crippen molar-refractivity contribution < 1.29 is 23.0 Å². The van der Waals surface area contributed by atoms with E-state index < -0.39 is 23.0 Å². The van der Waals surface area contributed by atoms with Gasteiger partial charge in [0, 0.05) is 30.6 Å². The highest BCUT2D eigenvalue weighted by Gasteiger charge is 2.34. The molecule has 2 fully saturated rings. The summed E-state index contributed by atoms with van der Waals surface area (Å²) in [4.78, 5) is 10.9. The maximum absolute atomic E-state index is 16.4. The summed E-state index contributed by atoms with van der Waals surface area (Å²) < 4.78 is 52.7. The molecule has 2 aliphatic rings. The first-order valence-electron chi connectivity index (χ1n) is 13.0. The van der Waals surface area contributed by atoms with Crippen molar-refractivity contribution in [3.63, 3.8) is 0 Å². The number of anilines is 1. The Bertz CT molecular complexity index is 1430. The molecule has 5 rings (SSSR count). The molecule has 6 nitrogen and oxygen atoms in total. The number of benzene rings is 2. The molecule has 2 bridgehead atoms. The first-order valence-corrected chi connectivity index (χ1v) is 13.0. The molecule has 2 N–H and O–H groups in total. The molecule has 38 heavy (non-hydrogen) atoms. The summed E-state index contributed by atoms with van der Waals surface area (Å²) in [5, 5.41) is 14.1. The average molecular weight is 525 g/mol. The van der Waals surface area contributed by atoms with E-state index in [0.717, 1.165) is 12.8 Å². The van der Waals surface area contributed by atoms with Gasteiger partial charge in [-0.3, -0.25) is 0 Å². The quantitative estimate of drug-likeness (QED) is 0.299. The Morgan fingerprint density at radius 3 is 2.53 bits per heavy atom. The SMILES string of the molecule is C/C=C(O)\C=C(/c1cccc(F)c1CC)c1c(F)cc2c(N3CC4CCC(C3)N4)nc(OCC)nc2c1F. The molecular weight excluding hydrogens is 493 g/mol. The average Bonchev–Trinajstić information content (AvgIpc) is 3.25. The summed E-state index contributed by atoms with van der Waals surface area (Å²) in [6.07, 6.45) is 5.00. The number of aliphatic hydroxyl groups excluding tert-OH is 1. The molecule has 9 heteroatoms. The van der Waals surface area contributed by atoms with Gasteiger partial charge in [0.25, 0.3) is 0 Å². The van der Waals surface area contributed by atoms with Crippen LogP contribution in [0.3, 0.4) is 0 Å². The third-order valence-electron chi connectivity index (χ3n) is 7.25. The molecule has 2 saturated heterocycles. The van der Waals surface area contributed by atoms with Gasteiger partial charge in [-0.25, -0.2) is 13.2 Å². The highest BCUT2D eigenvalue weighted by molar-refractivity contribution is 5.95. The van der Waals surface area contributed by atoms with Gasteiger partial charge < -0.3 is 20.1 Å². The Morgan fingerprint density at radius 2 is 1.87 bits per heavy atom. The van der Waals surface area contributed by atoms with Crippen LogP contribution in [-0.4, -0.2) is 46.9 Å². The molecule has 200 valence electrons. The predicted octanol–water partition coefficient (Wildman–Crippen LogP) is 5.84. The monoisotopic (exact) mass is 524 g/mol. The van der Waals surface area contributed by atoms with Crippen molar-refractivity contribution in [2.75, 3.05) is 24.6 Å². The predicted molar refractivity (Wildman–Crippen MR) is 142 cm³/mol. The van der Waals surface area contributed by atoms with Crippen molar-refractivity contribution in [3.05, 3.63) is 76.3 Å². The van der Waals surface area contributed by atoms with E-state index in [0.29, 0.717) is 25.3 Å². The Labute approximate surface area is 219 Å². The van der Waals surface area contributed by atoms with E-state index in [-0.39, 0.29) is 58.1 Å². The number of hydrogen-bond acceptors (Lipinski definition) is 6. The standard InChI is InChI=1S/C29H31F3N4O2/c1-4-18(37)12-21(20-8-7-9-23(30)19(20)5-2)25-24(31)13-22-27(26(25)32)34-29(38-6-3)35-28(22)36-14-16-10-11-17(15-36)33-16/h4,7-9,12-13,16-17,33,37H,5-6,10-11,14-15H2,1-3H3/b18-4+,21-12+. The minimum Gasteiger partial charge on any atom is -0.508 e. The molecule has 2 unspecified atom stereocenters. The molecule has 0 saturated carbocycles. The number of fused-ring (bicyclic) bond motifs is 3. The highest BCUT2D eigenvalue weighted by Crippen LogP contribution is 2.38. The lowest BCUT2D eigenvalue weighted by Gasteiger charge is -2.34. The Hall–Kier alpha value is -3.59. The van der Waals surface area contributed by atoms with Crippen LogP contribution in [0.5, 0.6) is 6.01 Å². The van der Waals surface area contributed by atoms with Crippen LogP contribution in [0.25, 0.3) is 16.5 Å². The molecule has 0 amide bonds. The van der Waals surface area contributed by atoms with Crippen molar-refractivity contribution in [2.24, 2.45) is 0 Å². The summed E-state index contributed by atoms with van der Waals surface area (Å²) in [6.45, 7) is 6.72. The number of piperazine rings is 1. The van der Waals surface area contributed by atoms with Crippen molar-refractivity contribution in [3.8, 4) is 6.01 Å². The van der Waals surface area contributed by atoms with E-state index in [1.165, 1.54) is 30.4 Å². The van der Waals surface area contributed by atoms with E-state index in [4.69, 9.17) is 4.74 Å². The number of hydrogen-bond donors (Lipinski definition) is 2.